The number of amides is 1. The molecule has 0 atom stereocenters. The summed E-state index contributed by atoms with van der Waals surface area (Å²) >= 11 is 0. The second-order valence-corrected chi connectivity index (χ2v) is 4.65. The Labute approximate surface area is 115 Å². The fraction of sp³-hybridized carbons (Fsp3) is 0.533. The number of carbonyl (C=O) groups excluding carboxylic acids is 1. The van der Waals surface area contributed by atoms with Gasteiger partial charge in [0.05, 0.1) is 5.56 Å². The van der Waals surface area contributed by atoms with E-state index in [0.29, 0.717) is 6.54 Å². The molecular formula is C15H25N3O. The van der Waals surface area contributed by atoms with Crippen molar-refractivity contribution in [2.24, 2.45) is 0 Å². The number of aromatic amines is 1. The molecule has 106 valence electrons. The van der Waals surface area contributed by atoms with Crippen LogP contribution in [0, 0.1) is 13.8 Å². The van der Waals surface area contributed by atoms with E-state index in [1.54, 1.807) is 6.08 Å². The zero-order valence-electron chi connectivity index (χ0n) is 12.5. The van der Waals surface area contributed by atoms with Crippen molar-refractivity contribution in [2.75, 3.05) is 26.2 Å². The molecule has 0 saturated carbocycles. The summed E-state index contributed by atoms with van der Waals surface area (Å²) in [5, 5.41) is 2.98. The number of nitrogens with zero attached hydrogens (tertiary/aromatic N) is 1. The lowest BCUT2D eigenvalue weighted by Crippen LogP contribution is -2.35. The molecule has 1 rings (SSSR count). The second-order valence-electron chi connectivity index (χ2n) is 4.65. The summed E-state index contributed by atoms with van der Waals surface area (Å²) in [6.07, 6.45) is 1.75. The zero-order valence-corrected chi connectivity index (χ0v) is 12.5. The number of carbonyl (C=O) groups is 1. The van der Waals surface area contributed by atoms with Gasteiger partial charge in [0.25, 0.3) is 5.91 Å². The van der Waals surface area contributed by atoms with Crippen molar-refractivity contribution in [3.63, 3.8) is 0 Å². The average Bonchev–Trinajstić information content (AvgIpc) is 2.69. The fourth-order valence-corrected chi connectivity index (χ4v) is 2.27. The smallest absolute Gasteiger partial charge is 0.253 e. The first-order valence-corrected chi connectivity index (χ1v) is 6.87. The molecular weight excluding hydrogens is 238 g/mol. The van der Waals surface area contributed by atoms with Gasteiger partial charge in [-0.05, 0) is 38.6 Å². The van der Waals surface area contributed by atoms with Gasteiger partial charge in [-0.15, -0.1) is 0 Å². The van der Waals surface area contributed by atoms with Crippen molar-refractivity contribution >= 4 is 12.0 Å². The van der Waals surface area contributed by atoms with Gasteiger partial charge in [-0.2, -0.15) is 0 Å². The molecule has 0 fully saturated rings. The Hall–Kier alpha value is -1.55. The van der Waals surface area contributed by atoms with Crippen molar-refractivity contribution in [3.05, 3.63) is 29.1 Å². The van der Waals surface area contributed by atoms with Crippen LogP contribution in [0.25, 0.3) is 6.08 Å². The van der Waals surface area contributed by atoms with Crippen molar-refractivity contribution < 1.29 is 4.79 Å². The Kier molecular flexibility index (Phi) is 5.83. The quantitative estimate of drug-likeness (QED) is 0.793. The molecule has 1 aromatic heterocycles. The normalized spacial score (nSPS) is 10.8. The lowest BCUT2D eigenvalue weighted by Gasteiger charge is -2.18. The SMILES string of the molecule is C=Cc1[nH]c(C)c(C(=O)NCCN(CC)CC)c1C. The Morgan fingerprint density at radius 1 is 1.37 bits per heavy atom. The van der Waals surface area contributed by atoms with Gasteiger partial charge in [0, 0.05) is 24.5 Å². The number of hydrogen-bond donors (Lipinski definition) is 2. The highest BCUT2D eigenvalue weighted by molar-refractivity contribution is 5.97. The highest BCUT2D eigenvalue weighted by Crippen LogP contribution is 2.18. The largest absolute Gasteiger partial charge is 0.358 e. The molecule has 0 aliphatic heterocycles. The molecule has 4 heteroatoms. The summed E-state index contributed by atoms with van der Waals surface area (Å²) in [6.45, 7) is 15.4. The van der Waals surface area contributed by atoms with Crippen LogP contribution in [0.1, 0.15) is 41.2 Å². The van der Waals surface area contributed by atoms with Gasteiger partial charge in [-0.1, -0.05) is 20.4 Å². The number of hydrogen-bond acceptors (Lipinski definition) is 2. The van der Waals surface area contributed by atoms with Crippen LogP contribution in [0.4, 0.5) is 0 Å². The van der Waals surface area contributed by atoms with E-state index in [2.05, 4.69) is 35.6 Å². The molecule has 0 saturated heterocycles. The van der Waals surface area contributed by atoms with E-state index in [4.69, 9.17) is 0 Å². The molecule has 1 amide bonds. The van der Waals surface area contributed by atoms with Gasteiger partial charge >= 0.3 is 0 Å². The maximum absolute atomic E-state index is 12.2. The van der Waals surface area contributed by atoms with Gasteiger partial charge in [0.15, 0.2) is 0 Å². The maximum Gasteiger partial charge on any atom is 0.253 e. The van der Waals surface area contributed by atoms with Crippen molar-refractivity contribution in [1.29, 1.82) is 0 Å². The fourth-order valence-electron chi connectivity index (χ4n) is 2.27. The minimum Gasteiger partial charge on any atom is -0.358 e. The van der Waals surface area contributed by atoms with Crippen LogP contribution in [0.2, 0.25) is 0 Å². The first-order valence-electron chi connectivity index (χ1n) is 6.87. The third kappa shape index (κ3) is 3.70. The molecule has 19 heavy (non-hydrogen) atoms. The van der Waals surface area contributed by atoms with Gasteiger partial charge in [0.1, 0.15) is 0 Å². The molecule has 0 aliphatic rings. The molecule has 0 bridgehead atoms. The second kappa shape index (κ2) is 7.14. The first-order chi connectivity index (χ1) is 9.04. The summed E-state index contributed by atoms with van der Waals surface area (Å²) in [5.74, 6) is -0.00786. The lowest BCUT2D eigenvalue weighted by atomic mass is 10.1. The topological polar surface area (TPSA) is 48.1 Å². The highest BCUT2D eigenvalue weighted by atomic mass is 16.1. The molecule has 2 N–H and O–H groups in total. The van der Waals surface area contributed by atoms with E-state index in [1.165, 1.54) is 0 Å². The lowest BCUT2D eigenvalue weighted by molar-refractivity contribution is 0.0948. The van der Waals surface area contributed by atoms with Crippen LogP contribution >= 0.6 is 0 Å². The van der Waals surface area contributed by atoms with E-state index >= 15 is 0 Å². The van der Waals surface area contributed by atoms with E-state index in [0.717, 1.165) is 42.1 Å². The van der Waals surface area contributed by atoms with Crippen LogP contribution < -0.4 is 5.32 Å². The Morgan fingerprint density at radius 2 is 2.00 bits per heavy atom. The molecule has 4 nitrogen and oxygen atoms in total. The summed E-state index contributed by atoms with van der Waals surface area (Å²) < 4.78 is 0. The summed E-state index contributed by atoms with van der Waals surface area (Å²) in [6, 6.07) is 0. The third-order valence-electron chi connectivity index (χ3n) is 3.52. The minimum atomic E-state index is -0.00786. The standard InChI is InChI=1S/C15H25N3O/c1-6-13-11(4)14(12(5)17-13)15(19)16-9-10-18(7-2)8-3/h6,17H,1,7-10H2,2-5H3,(H,16,19). The zero-order chi connectivity index (χ0) is 14.4. The maximum atomic E-state index is 12.2. The molecule has 0 spiro atoms. The van der Waals surface area contributed by atoms with Crippen LogP contribution in [0.3, 0.4) is 0 Å². The van der Waals surface area contributed by atoms with Gasteiger partial charge < -0.3 is 15.2 Å². The number of rotatable bonds is 7. The highest BCUT2D eigenvalue weighted by Gasteiger charge is 2.16. The molecule has 0 radical (unpaired) electrons. The van der Waals surface area contributed by atoms with E-state index < -0.39 is 0 Å². The molecule has 1 aromatic rings. The number of likely N-dealkylation sites (N-methyl/N-ethyl adjacent to an activating group) is 1. The molecule has 0 aliphatic carbocycles. The summed E-state index contributed by atoms with van der Waals surface area (Å²) in [4.78, 5) is 17.6. The van der Waals surface area contributed by atoms with Gasteiger partial charge in [0.2, 0.25) is 0 Å². The van der Waals surface area contributed by atoms with Gasteiger partial charge in [-0.25, -0.2) is 0 Å². The summed E-state index contributed by atoms with van der Waals surface area (Å²) in [5.41, 5.74) is 3.53. The average molecular weight is 263 g/mol. The van der Waals surface area contributed by atoms with Crippen molar-refractivity contribution in [1.82, 2.24) is 15.2 Å². The van der Waals surface area contributed by atoms with E-state index in [1.807, 2.05) is 13.8 Å². The van der Waals surface area contributed by atoms with Crippen LogP contribution in [-0.2, 0) is 0 Å². The Morgan fingerprint density at radius 3 is 2.47 bits per heavy atom. The Bertz CT molecular complexity index is 444. The molecule has 0 aromatic carbocycles. The van der Waals surface area contributed by atoms with E-state index in [-0.39, 0.29) is 5.91 Å². The third-order valence-corrected chi connectivity index (χ3v) is 3.52. The van der Waals surface area contributed by atoms with Crippen molar-refractivity contribution in [2.45, 2.75) is 27.7 Å². The predicted octanol–water partition coefficient (Wildman–Crippen LogP) is 2.35. The number of aromatic nitrogens is 1. The van der Waals surface area contributed by atoms with Crippen LogP contribution in [-0.4, -0.2) is 42.0 Å². The van der Waals surface area contributed by atoms with E-state index in [9.17, 15) is 4.79 Å². The van der Waals surface area contributed by atoms with Crippen LogP contribution in [0.5, 0.6) is 0 Å². The Balaban J connectivity index is 2.64. The molecule has 1 heterocycles. The minimum absolute atomic E-state index is 0.00786. The number of aryl methyl sites for hydroxylation is 1. The van der Waals surface area contributed by atoms with Crippen molar-refractivity contribution in [3.8, 4) is 0 Å². The predicted molar refractivity (Wildman–Crippen MR) is 80.5 cm³/mol. The monoisotopic (exact) mass is 263 g/mol. The van der Waals surface area contributed by atoms with Gasteiger partial charge in [-0.3, -0.25) is 4.79 Å². The van der Waals surface area contributed by atoms with Crippen LogP contribution in [0.15, 0.2) is 6.58 Å². The molecule has 0 unspecified atom stereocenters. The number of nitrogens with one attached hydrogen (secondary N) is 2. The number of H-pyrrole nitrogens is 1. The summed E-state index contributed by atoms with van der Waals surface area (Å²) in [7, 11) is 0. The first kappa shape index (κ1) is 15.5.